The van der Waals surface area contributed by atoms with E-state index in [4.69, 9.17) is 9.47 Å². The van der Waals surface area contributed by atoms with Crippen LogP contribution in [0.4, 0.5) is 0 Å². The van der Waals surface area contributed by atoms with E-state index in [0.29, 0.717) is 11.4 Å². The molecular weight excluding hydrogens is 358 g/mol. The summed E-state index contributed by atoms with van der Waals surface area (Å²) in [6, 6.07) is 2.27. The van der Waals surface area contributed by atoms with Crippen molar-refractivity contribution in [1.29, 1.82) is 0 Å². The van der Waals surface area contributed by atoms with Crippen molar-refractivity contribution in [2.45, 2.75) is 37.8 Å². The Balaban J connectivity index is 2.13. The molecule has 3 rings (SSSR count). The molecule has 0 saturated carbocycles. The van der Waals surface area contributed by atoms with E-state index in [-0.39, 0.29) is 23.6 Å². The van der Waals surface area contributed by atoms with Crippen LogP contribution in [0.15, 0.2) is 23.4 Å². The number of H-pyrrole nitrogens is 1. The second-order valence-corrected chi connectivity index (χ2v) is 8.07. The number of methoxy groups -OCH3 is 2. The molecule has 1 aliphatic heterocycles. The Labute approximate surface area is 152 Å². The monoisotopic (exact) mass is 379 g/mol. The third kappa shape index (κ3) is 2.97. The molecule has 8 nitrogen and oxygen atoms in total. The van der Waals surface area contributed by atoms with Gasteiger partial charge in [0.05, 0.1) is 38.5 Å². The minimum atomic E-state index is -4.01. The average molecular weight is 379 g/mol. The zero-order valence-electron chi connectivity index (χ0n) is 15.1. The maximum Gasteiger partial charge on any atom is 0.324 e. The number of ether oxygens (including phenoxy) is 2. The number of carbonyl (C=O) groups is 1. The van der Waals surface area contributed by atoms with Gasteiger partial charge in [0.1, 0.15) is 16.7 Å². The molecule has 0 fully saturated rings. The molecule has 140 valence electrons. The summed E-state index contributed by atoms with van der Waals surface area (Å²) < 4.78 is 38.1. The van der Waals surface area contributed by atoms with Gasteiger partial charge in [-0.15, -0.1) is 0 Å². The van der Waals surface area contributed by atoms with Gasteiger partial charge >= 0.3 is 5.97 Å². The molecule has 2 aromatic rings. The van der Waals surface area contributed by atoms with Gasteiger partial charge in [-0.3, -0.25) is 4.79 Å². The molecule has 26 heavy (non-hydrogen) atoms. The molecule has 2 heterocycles. The number of esters is 1. The Morgan fingerprint density at radius 3 is 2.62 bits per heavy atom. The van der Waals surface area contributed by atoms with E-state index >= 15 is 0 Å². The van der Waals surface area contributed by atoms with Crippen LogP contribution in [-0.2, 0) is 32.5 Å². The lowest BCUT2D eigenvalue weighted by molar-refractivity contribution is -0.145. The van der Waals surface area contributed by atoms with E-state index in [0.717, 1.165) is 15.4 Å². The van der Waals surface area contributed by atoms with E-state index < -0.39 is 22.0 Å². The van der Waals surface area contributed by atoms with Crippen molar-refractivity contribution in [3.8, 4) is 5.75 Å². The Morgan fingerprint density at radius 2 is 1.96 bits per heavy atom. The van der Waals surface area contributed by atoms with Crippen LogP contribution in [0.1, 0.15) is 22.5 Å². The zero-order valence-corrected chi connectivity index (χ0v) is 15.9. The van der Waals surface area contributed by atoms with Crippen LogP contribution in [-0.4, -0.2) is 48.9 Å². The van der Waals surface area contributed by atoms with Gasteiger partial charge in [-0.2, -0.15) is 4.31 Å². The third-order valence-electron chi connectivity index (χ3n) is 4.70. The fourth-order valence-corrected chi connectivity index (χ4v) is 4.82. The molecule has 1 aliphatic rings. The summed E-state index contributed by atoms with van der Waals surface area (Å²) in [7, 11) is -1.35. The van der Waals surface area contributed by atoms with E-state index in [1.165, 1.54) is 20.5 Å². The first kappa shape index (κ1) is 18.4. The molecule has 0 saturated heterocycles. The minimum absolute atomic E-state index is 0.00745. The number of hydrogen-bond acceptors (Lipinski definition) is 6. The van der Waals surface area contributed by atoms with Gasteiger partial charge in [0, 0.05) is 6.42 Å². The number of rotatable bonds is 4. The first-order valence-corrected chi connectivity index (χ1v) is 9.49. The highest BCUT2D eigenvalue weighted by molar-refractivity contribution is 7.89. The van der Waals surface area contributed by atoms with Crippen molar-refractivity contribution >= 4 is 16.0 Å². The number of benzene rings is 1. The van der Waals surface area contributed by atoms with Crippen LogP contribution in [0.2, 0.25) is 0 Å². The van der Waals surface area contributed by atoms with Crippen molar-refractivity contribution in [2.24, 2.45) is 0 Å². The molecule has 1 aromatic carbocycles. The molecule has 0 amide bonds. The summed E-state index contributed by atoms with van der Waals surface area (Å²) in [4.78, 5) is 19.4. The lowest BCUT2D eigenvalue weighted by atomic mass is 10.1. The van der Waals surface area contributed by atoms with E-state index in [1.54, 1.807) is 12.1 Å². The largest absolute Gasteiger partial charge is 0.495 e. The Morgan fingerprint density at radius 1 is 1.27 bits per heavy atom. The molecule has 1 unspecified atom stereocenters. The summed E-state index contributed by atoms with van der Waals surface area (Å²) in [5.74, 6) is -0.378. The predicted molar refractivity (Wildman–Crippen MR) is 93.3 cm³/mol. The van der Waals surface area contributed by atoms with E-state index in [2.05, 4.69) is 9.97 Å². The number of fused-ring (bicyclic) bond motifs is 1. The SMILES string of the molecule is COC(=O)C1Cc2nc[nH]c2CN1S(=O)(=O)c1cc(C)c(C)cc1OC. The van der Waals surface area contributed by atoms with Gasteiger partial charge in [-0.05, 0) is 37.1 Å². The predicted octanol–water partition coefficient (Wildman–Crippen LogP) is 1.32. The first-order valence-electron chi connectivity index (χ1n) is 8.05. The normalized spacial score (nSPS) is 17.6. The topological polar surface area (TPSA) is 102 Å². The molecule has 9 heteroatoms. The number of aromatic nitrogens is 2. The number of carbonyl (C=O) groups excluding carboxylic acids is 1. The average Bonchev–Trinajstić information content (AvgIpc) is 3.09. The number of nitrogens with one attached hydrogen (secondary N) is 1. The van der Waals surface area contributed by atoms with Crippen molar-refractivity contribution in [3.63, 3.8) is 0 Å². The van der Waals surface area contributed by atoms with Crippen molar-refractivity contribution < 1.29 is 22.7 Å². The molecule has 0 spiro atoms. The molecule has 1 atom stereocenters. The summed E-state index contributed by atoms with van der Waals surface area (Å²) in [6.45, 7) is 3.71. The quantitative estimate of drug-likeness (QED) is 0.804. The maximum atomic E-state index is 13.4. The van der Waals surface area contributed by atoms with Gasteiger partial charge in [0.2, 0.25) is 10.0 Å². The lowest BCUT2D eigenvalue weighted by Crippen LogP contribution is -2.49. The van der Waals surface area contributed by atoms with Gasteiger partial charge in [-0.25, -0.2) is 13.4 Å². The van der Waals surface area contributed by atoms with Gasteiger partial charge in [-0.1, -0.05) is 0 Å². The summed E-state index contributed by atoms with van der Waals surface area (Å²) in [6.07, 6.45) is 1.64. The first-order chi connectivity index (χ1) is 12.3. The van der Waals surface area contributed by atoms with Gasteiger partial charge in [0.25, 0.3) is 0 Å². The number of aryl methyl sites for hydroxylation is 2. The van der Waals surface area contributed by atoms with Crippen LogP contribution >= 0.6 is 0 Å². The van der Waals surface area contributed by atoms with Crippen LogP contribution in [0.5, 0.6) is 5.75 Å². The zero-order chi connectivity index (χ0) is 19.1. The molecule has 0 bridgehead atoms. The van der Waals surface area contributed by atoms with Crippen LogP contribution in [0, 0.1) is 13.8 Å². The highest BCUT2D eigenvalue weighted by Crippen LogP contribution is 2.34. The number of hydrogen-bond donors (Lipinski definition) is 1. The lowest BCUT2D eigenvalue weighted by Gasteiger charge is -2.32. The standard InChI is InChI=1S/C17H21N3O5S/c1-10-5-15(24-3)16(6-11(10)2)26(22,23)20-8-13-12(18-9-19-13)7-14(20)17(21)25-4/h5-6,9,14H,7-8H2,1-4H3,(H,18,19). The highest BCUT2D eigenvalue weighted by atomic mass is 32.2. The van der Waals surface area contributed by atoms with Crippen molar-refractivity contribution in [3.05, 3.63) is 41.0 Å². The van der Waals surface area contributed by atoms with Gasteiger partial charge < -0.3 is 14.5 Å². The second kappa shape index (κ2) is 6.73. The Kier molecular flexibility index (Phi) is 4.76. The molecular formula is C17H21N3O5S. The molecule has 0 radical (unpaired) electrons. The fourth-order valence-electron chi connectivity index (χ4n) is 3.05. The van der Waals surface area contributed by atoms with Crippen LogP contribution < -0.4 is 4.74 Å². The molecule has 1 aromatic heterocycles. The number of aromatic amines is 1. The third-order valence-corrected chi connectivity index (χ3v) is 6.57. The maximum absolute atomic E-state index is 13.4. The fraction of sp³-hybridized carbons (Fsp3) is 0.412. The summed E-state index contributed by atoms with van der Waals surface area (Å²) in [5.41, 5.74) is 3.06. The van der Waals surface area contributed by atoms with Crippen LogP contribution in [0.3, 0.4) is 0 Å². The number of nitrogens with zero attached hydrogens (tertiary/aromatic N) is 2. The van der Waals surface area contributed by atoms with E-state index in [9.17, 15) is 13.2 Å². The molecule has 1 N–H and O–H groups in total. The smallest absolute Gasteiger partial charge is 0.324 e. The molecule has 0 aliphatic carbocycles. The summed E-state index contributed by atoms with van der Waals surface area (Å²) >= 11 is 0. The highest BCUT2D eigenvalue weighted by Gasteiger charge is 2.42. The number of sulfonamides is 1. The van der Waals surface area contributed by atoms with Crippen molar-refractivity contribution in [1.82, 2.24) is 14.3 Å². The minimum Gasteiger partial charge on any atom is -0.495 e. The Bertz CT molecular complexity index is 951. The van der Waals surface area contributed by atoms with E-state index in [1.807, 2.05) is 13.8 Å². The van der Waals surface area contributed by atoms with Gasteiger partial charge in [0.15, 0.2) is 0 Å². The van der Waals surface area contributed by atoms with Crippen molar-refractivity contribution in [2.75, 3.05) is 14.2 Å². The Hall–Kier alpha value is -2.39. The number of imidazole rings is 1. The second-order valence-electron chi connectivity index (χ2n) is 6.21. The summed E-state index contributed by atoms with van der Waals surface area (Å²) in [5, 5.41) is 0. The van der Waals surface area contributed by atoms with Crippen LogP contribution in [0.25, 0.3) is 0 Å².